The normalized spacial score (nSPS) is 11.3. The molecule has 0 spiro atoms. The molecule has 0 radical (unpaired) electrons. The molecule has 90 valence electrons. The molecular formula is C14H18N2O. The predicted octanol–water partition coefficient (Wildman–Crippen LogP) is 2.70. The summed E-state index contributed by atoms with van der Waals surface area (Å²) in [5.74, 6) is 0.177. The van der Waals surface area contributed by atoms with Gasteiger partial charge in [-0.2, -0.15) is 0 Å². The first kappa shape index (κ1) is 11.7. The number of amides is 1. The maximum Gasteiger partial charge on any atom is 0.250 e. The quantitative estimate of drug-likeness (QED) is 0.865. The number of carbonyl (C=O) groups is 1. The summed E-state index contributed by atoms with van der Waals surface area (Å²) in [5, 5.41) is 0.957. The topological polar surface area (TPSA) is 48.0 Å². The number of fused-ring (bicyclic) bond motifs is 1. The Kier molecular flexibility index (Phi) is 2.92. The van der Waals surface area contributed by atoms with Gasteiger partial charge in [0.05, 0.1) is 5.56 Å². The predicted molar refractivity (Wildman–Crippen MR) is 70.0 cm³/mol. The van der Waals surface area contributed by atoms with Crippen molar-refractivity contribution >= 4 is 16.8 Å². The Hall–Kier alpha value is -1.77. The zero-order valence-electron chi connectivity index (χ0n) is 10.5. The molecule has 3 nitrogen and oxygen atoms in total. The average molecular weight is 230 g/mol. The number of benzene rings is 1. The third-order valence-corrected chi connectivity index (χ3v) is 2.86. The molecule has 1 aromatic carbocycles. The Labute approximate surface area is 101 Å². The minimum Gasteiger partial charge on any atom is -0.366 e. The number of rotatable bonds is 3. The zero-order valence-corrected chi connectivity index (χ0v) is 10.5. The Balaban J connectivity index is 2.66. The highest BCUT2D eigenvalue weighted by molar-refractivity contribution is 6.06. The average Bonchev–Trinajstić information content (AvgIpc) is 2.55. The lowest BCUT2D eigenvalue weighted by Gasteiger charge is -2.07. The van der Waals surface area contributed by atoms with E-state index in [-0.39, 0.29) is 5.91 Å². The second-order valence-electron chi connectivity index (χ2n) is 4.97. The number of nitrogens with zero attached hydrogens (tertiary/aromatic N) is 1. The van der Waals surface area contributed by atoms with Crippen LogP contribution in [0.25, 0.3) is 10.9 Å². The molecule has 0 aliphatic rings. The van der Waals surface area contributed by atoms with E-state index in [0.717, 1.165) is 23.0 Å². The van der Waals surface area contributed by atoms with Crippen molar-refractivity contribution in [3.05, 3.63) is 35.5 Å². The van der Waals surface area contributed by atoms with E-state index in [1.165, 1.54) is 0 Å². The Morgan fingerprint density at radius 1 is 1.41 bits per heavy atom. The summed E-state index contributed by atoms with van der Waals surface area (Å²) in [4.78, 5) is 11.4. The largest absolute Gasteiger partial charge is 0.366 e. The summed E-state index contributed by atoms with van der Waals surface area (Å²) in [6.07, 6.45) is 1.87. The van der Waals surface area contributed by atoms with Gasteiger partial charge in [-0.15, -0.1) is 0 Å². The van der Waals surface area contributed by atoms with Gasteiger partial charge >= 0.3 is 0 Å². The van der Waals surface area contributed by atoms with Crippen molar-refractivity contribution in [3.63, 3.8) is 0 Å². The molecule has 0 saturated carbocycles. The number of aryl methyl sites for hydroxylation is 1. The van der Waals surface area contributed by atoms with E-state index in [0.29, 0.717) is 11.5 Å². The standard InChI is InChI=1S/C14H18N2O/c1-9(2)7-16-8-12(14(15)17)11-6-10(3)4-5-13(11)16/h4-6,8-9H,7H2,1-3H3,(H2,15,17). The minimum atomic E-state index is -0.358. The fourth-order valence-electron chi connectivity index (χ4n) is 2.15. The summed E-state index contributed by atoms with van der Waals surface area (Å²) >= 11 is 0. The number of carbonyl (C=O) groups excluding carboxylic acids is 1. The van der Waals surface area contributed by atoms with Crippen molar-refractivity contribution in [2.45, 2.75) is 27.3 Å². The molecule has 0 fully saturated rings. The Morgan fingerprint density at radius 2 is 2.12 bits per heavy atom. The number of primary amides is 1. The van der Waals surface area contributed by atoms with Gasteiger partial charge in [-0.05, 0) is 25.0 Å². The van der Waals surface area contributed by atoms with Crippen LogP contribution < -0.4 is 5.73 Å². The van der Waals surface area contributed by atoms with Crippen LogP contribution >= 0.6 is 0 Å². The maximum absolute atomic E-state index is 11.4. The van der Waals surface area contributed by atoms with Crippen LogP contribution in [-0.2, 0) is 6.54 Å². The van der Waals surface area contributed by atoms with E-state index in [9.17, 15) is 4.79 Å². The van der Waals surface area contributed by atoms with E-state index in [2.05, 4.69) is 30.5 Å². The maximum atomic E-state index is 11.4. The van der Waals surface area contributed by atoms with Crippen LogP contribution in [0.5, 0.6) is 0 Å². The molecule has 2 aromatic rings. The summed E-state index contributed by atoms with van der Waals surface area (Å²) in [5.41, 5.74) is 8.26. The SMILES string of the molecule is Cc1ccc2c(c1)c(C(N)=O)cn2CC(C)C. The van der Waals surface area contributed by atoms with E-state index in [4.69, 9.17) is 5.73 Å². The fraction of sp³-hybridized carbons (Fsp3) is 0.357. The molecule has 1 heterocycles. The molecule has 1 aromatic heterocycles. The fourth-order valence-corrected chi connectivity index (χ4v) is 2.15. The highest BCUT2D eigenvalue weighted by Gasteiger charge is 2.13. The van der Waals surface area contributed by atoms with Gasteiger partial charge < -0.3 is 10.3 Å². The van der Waals surface area contributed by atoms with Gasteiger partial charge in [0, 0.05) is 23.6 Å². The second-order valence-corrected chi connectivity index (χ2v) is 4.97. The van der Waals surface area contributed by atoms with Gasteiger partial charge in [0.1, 0.15) is 0 Å². The lowest BCUT2D eigenvalue weighted by Crippen LogP contribution is -2.10. The summed E-state index contributed by atoms with van der Waals surface area (Å²) in [7, 11) is 0. The molecule has 2 rings (SSSR count). The second kappa shape index (κ2) is 4.24. The van der Waals surface area contributed by atoms with Crippen molar-refractivity contribution in [1.82, 2.24) is 4.57 Å². The van der Waals surface area contributed by atoms with Crippen molar-refractivity contribution in [3.8, 4) is 0 Å². The van der Waals surface area contributed by atoms with Crippen LogP contribution in [-0.4, -0.2) is 10.5 Å². The Bertz CT molecular complexity index is 567. The monoisotopic (exact) mass is 230 g/mol. The molecule has 0 aliphatic carbocycles. The van der Waals surface area contributed by atoms with Crippen LogP contribution in [0, 0.1) is 12.8 Å². The molecule has 0 saturated heterocycles. The van der Waals surface area contributed by atoms with Crippen molar-refractivity contribution in [2.75, 3.05) is 0 Å². The number of hydrogen-bond acceptors (Lipinski definition) is 1. The molecule has 2 N–H and O–H groups in total. The van der Waals surface area contributed by atoms with Gasteiger partial charge in [-0.25, -0.2) is 0 Å². The van der Waals surface area contributed by atoms with Gasteiger partial charge in [0.15, 0.2) is 0 Å². The van der Waals surface area contributed by atoms with Crippen molar-refractivity contribution in [2.24, 2.45) is 11.7 Å². The highest BCUT2D eigenvalue weighted by Crippen LogP contribution is 2.23. The third kappa shape index (κ3) is 2.18. The zero-order chi connectivity index (χ0) is 12.6. The molecule has 0 aliphatic heterocycles. The van der Waals surface area contributed by atoms with E-state index >= 15 is 0 Å². The van der Waals surface area contributed by atoms with E-state index in [1.54, 1.807) is 0 Å². The lowest BCUT2D eigenvalue weighted by atomic mass is 10.1. The summed E-state index contributed by atoms with van der Waals surface area (Å²) < 4.78 is 2.11. The molecule has 17 heavy (non-hydrogen) atoms. The summed E-state index contributed by atoms with van der Waals surface area (Å²) in [6.45, 7) is 7.23. The molecule has 0 unspecified atom stereocenters. The first-order valence-electron chi connectivity index (χ1n) is 5.88. The minimum absolute atomic E-state index is 0.358. The Morgan fingerprint density at radius 3 is 2.71 bits per heavy atom. The van der Waals surface area contributed by atoms with E-state index < -0.39 is 0 Å². The lowest BCUT2D eigenvalue weighted by molar-refractivity contribution is 0.100. The molecule has 0 bridgehead atoms. The highest BCUT2D eigenvalue weighted by atomic mass is 16.1. The third-order valence-electron chi connectivity index (χ3n) is 2.86. The molecule has 3 heteroatoms. The van der Waals surface area contributed by atoms with Gasteiger partial charge in [-0.1, -0.05) is 25.5 Å². The van der Waals surface area contributed by atoms with Crippen LogP contribution in [0.15, 0.2) is 24.4 Å². The van der Waals surface area contributed by atoms with E-state index in [1.807, 2.05) is 19.2 Å². The molecule has 0 atom stereocenters. The van der Waals surface area contributed by atoms with Gasteiger partial charge in [-0.3, -0.25) is 4.79 Å². The number of hydrogen-bond donors (Lipinski definition) is 1. The van der Waals surface area contributed by atoms with Gasteiger partial charge in [0.2, 0.25) is 0 Å². The molecule has 1 amide bonds. The first-order valence-corrected chi connectivity index (χ1v) is 5.88. The van der Waals surface area contributed by atoms with Crippen LogP contribution in [0.4, 0.5) is 0 Å². The summed E-state index contributed by atoms with van der Waals surface area (Å²) in [6, 6.07) is 6.13. The smallest absolute Gasteiger partial charge is 0.250 e. The molecular weight excluding hydrogens is 212 g/mol. The first-order chi connectivity index (χ1) is 7.99. The van der Waals surface area contributed by atoms with Crippen molar-refractivity contribution < 1.29 is 4.79 Å². The van der Waals surface area contributed by atoms with Crippen LogP contribution in [0.1, 0.15) is 29.8 Å². The number of aromatic nitrogens is 1. The number of nitrogens with two attached hydrogens (primary N) is 1. The van der Waals surface area contributed by atoms with Gasteiger partial charge in [0.25, 0.3) is 5.91 Å². The van der Waals surface area contributed by atoms with Crippen LogP contribution in [0.2, 0.25) is 0 Å². The van der Waals surface area contributed by atoms with Crippen molar-refractivity contribution in [1.29, 1.82) is 0 Å². The van der Waals surface area contributed by atoms with Crippen LogP contribution in [0.3, 0.4) is 0 Å².